The largest absolute Gasteiger partial charge is 0.465 e. The van der Waals surface area contributed by atoms with E-state index in [0.29, 0.717) is 25.6 Å². The SMILES string of the molecule is O=C(O)N1CCc2nc(CC3CCCN3)ncc2C1. The summed E-state index contributed by atoms with van der Waals surface area (Å²) in [4.78, 5) is 21.3. The minimum Gasteiger partial charge on any atom is -0.465 e. The highest BCUT2D eigenvalue weighted by molar-refractivity contribution is 5.65. The molecular formula is C13H18N4O2. The fourth-order valence-corrected chi connectivity index (χ4v) is 2.77. The number of hydrogen-bond donors (Lipinski definition) is 2. The number of nitrogens with zero attached hydrogens (tertiary/aromatic N) is 3. The van der Waals surface area contributed by atoms with Crippen LogP contribution in [0.4, 0.5) is 4.79 Å². The Bertz CT molecular complexity index is 486. The summed E-state index contributed by atoms with van der Waals surface area (Å²) in [5.74, 6) is 0.877. The molecule has 1 aromatic heterocycles. The molecule has 1 fully saturated rings. The van der Waals surface area contributed by atoms with E-state index in [1.807, 2.05) is 0 Å². The quantitative estimate of drug-likeness (QED) is 0.824. The molecule has 19 heavy (non-hydrogen) atoms. The summed E-state index contributed by atoms with van der Waals surface area (Å²) in [6, 6.07) is 0.497. The predicted octanol–water partition coefficient (Wildman–Crippen LogP) is 0.807. The maximum absolute atomic E-state index is 10.9. The van der Waals surface area contributed by atoms with Crippen molar-refractivity contribution < 1.29 is 9.90 Å². The minimum absolute atomic E-state index is 0.409. The van der Waals surface area contributed by atoms with Gasteiger partial charge in [-0.2, -0.15) is 0 Å². The van der Waals surface area contributed by atoms with E-state index in [2.05, 4.69) is 15.3 Å². The van der Waals surface area contributed by atoms with Crippen molar-refractivity contribution in [2.75, 3.05) is 13.1 Å². The van der Waals surface area contributed by atoms with Crippen LogP contribution in [0.25, 0.3) is 0 Å². The van der Waals surface area contributed by atoms with Gasteiger partial charge in [0, 0.05) is 37.2 Å². The number of carboxylic acid groups (broad SMARTS) is 1. The summed E-state index contributed by atoms with van der Waals surface area (Å²) in [6.07, 6.45) is 4.90. The summed E-state index contributed by atoms with van der Waals surface area (Å²) < 4.78 is 0. The van der Waals surface area contributed by atoms with E-state index in [-0.39, 0.29) is 0 Å². The van der Waals surface area contributed by atoms with Crippen molar-refractivity contribution in [3.8, 4) is 0 Å². The molecule has 0 saturated carbocycles. The summed E-state index contributed by atoms with van der Waals surface area (Å²) in [7, 11) is 0. The fraction of sp³-hybridized carbons (Fsp3) is 0.615. The van der Waals surface area contributed by atoms with Gasteiger partial charge in [0.05, 0.1) is 12.2 Å². The number of nitrogens with one attached hydrogen (secondary N) is 1. The normalized spacial score (nSPS) is 22.3. The van der Waals surface area contributed by atoms with Gasteiger partial charge in [-0.05, 0) is 19.4 Å². The van der Waals surface area contributed by atoms with Crippen LogP contribution in [0, 0.1) is 0 Å². The van der Waals surface area contributed by atoms with Gasteiger partial charge in [0.15, 0.2) is 0 Å². The lowest BCUT2D eigenvalue weighted by molar-refractivity contribution is 0.139. The maximum Gasteiger partial charge on any atom is 0.407 e. The Morgan fingerprint density at radius 3 is 3.21 bits per heavy atom. The first-order chi connectivity index (χ1) is 9.22. The van der Waals surface area contributed by atoms with Gasteiger partial charge in [-0.25, -0.2) is 14.8 Å². The number of rotatable bonds is 2. The van der Waals surface area contributed by atoms with Crippen LogP contribution in [-0.2, 0) is 19.4 Å². The van der Waals surface area contributed by atoms with E-state index in [4.69, 9.17) is 5.11 Å². The van der Waals surface area contributed by atoms with E-state index in [1.54, 1.807) is 6.20 Å². The van der Waals surface area contributed by atoms with Gasteiger partial charge >= 0.3 is 6.09 Å². The number of carbonyl (C=O) groups is 1. The second-order valence-corrected chi connectivity index (χ2v) is 5.21. The molecule has 1 saturated heterocycles. The molecule has 2 N–H and O–H groups in total. The highest BCUT2D eigenvalue weighted by Crippen LogP contribution is 2.17. The standard InChI is InChI=1S/C13H18N4O2/c18-13(19)17-5-3-11-9(8-17)7-15-12(16-11)6-10-2-1-4-14-10/h7,10,14H,1-6,8H2,(H,18,19). The predicted molar refractivity (Wildman–Crippen MR) is 68.9 cm³/mol. The second kappa shape index (κ2) is 5.13. The van der Waals surface area contributed by atoms with Gasteiger partial charge in [0.25, 0.3) is 0 Å². The first-order valence-corrected chi connectivity index (χ1v) is 6.77. The third kappa shape index (κ3) is 2.68. The molecule has 0 aromatic carbocycles. The molecule has 1 amide bonds. The molecule has 2 aliphatic rings. The Balaban J connectivity index is 1.72. The van der Waals surface area contributed by atoms with E-state index in [1.165, 1.54) is 17.7 Å². The fourth-order valence-electron chi connectivity index (χ4n) is 2.77. The van der Waals surface area contributed by atoms with Crippen LogP contribution in [0.3, 0.4) is 0 Å². The summed E-state index contributed by atoms with van der Waals surface area (Å²) in [5, 5.41) is 12.4. The molecule has 3 rings (SSSR count). The van der Waals surface area contributed by atoms with Crippen molar-refractivity contribution in [3.05, 3.63) is 23.3 Å². The van der Waals surface area contributed by atoms with Crippen LogP contribution in [0.1, 0.15) is 29.9 Å². The minimum atomic E-state index is -0.870. The molecule has 0 radical (unpaired) electrons. The zero-order valence-electron chi connectivity index (χ0n) is 10.8. The van der Waals surface area contributed by atoms with E-state index in [9.17, 15) is 4.79 Å². The van der Waals surface area contributed by atoms with Gasteiger partial charge in [-0.1, -0.05) is 0 Å². The molecule has 6 heteroatoms. The van der Waals surface area contributed by atoms with Crippen LogP contribution in [0.5, 0.6) is 0 Å². The smallest absolute Gasteiger partial charge is 0.407 e. The van der Waals surface area contributed by atoms with Crippen molar-refractivity contribution in [2.24, 2.45) is 0 Å². The average Bonchev–Trinajstić information content (AvgIpc) is 2.91. The topological polar surface area (TPSA) is 78.3 Å². The number of amides is 1. The Kier molecular flexibility index (Phi) is 3.33. The van der Waals surface area contributed by atoms with Crippen molar-refractivity contribution in [2.45, 2.75) is 38.3 Å². The Morgan fingerprint density at radius 2 is 2.47 bits per heavy atom. The van der Waals surface area contributed by atoms with Gasteiger partial charge < -0.3 is 15.3 Å². The lowest BCUT2D eigenvalue weighted by atomic mass is 10.1. The molecule has 6 nitrogen and oxygen atoms in total. The molecule has 3 heterocycles. The van der Waals surface area contributed by atoms with Gasteiger partial charge in [0.2, 0.25) is 0 Å². The zero-order chi connectivity index (χ0) is 13.2. The second-order valence-electron chi connectivity index (χ2n) is 5.21. The van der Waals surface area contributed by atoms with Crippen LogP contribution in [0.15, 0.2) is 6.20 Å². The van der Waals surface area contributed by atoms with Crippen LogP contribution < -0.4 is 5.32 Å². The van der Waals surface area contributed by atoms with Crippen molar-refractivity contribution >= 4 is 6.09 Å². The maximum atomic E-state index is 10.9. The highest BCUT2D eigenvalue weighted by atomic mass is 16.4. The Morgan fingerprint density at radius 1 is 1.58 bits per heavy atom. The first kappa shape index (κ1) is 12.3. The summed E-state index contributed by atoms with van der Waals surface area (Å²) in [6.45, 7) is 2.02. The van der Waals surface area contributed by atoms with Gasteiger partial charge in [-0.3, -0.25) is 0 Å². The van der Waals surface area contributed by atoms with Gasteiger partial charge in [-0.15, -0.1) is 0 Å². The van der Waals surface area contributed by atoms with Gasteiger partial charge in [0.1, 0.15) is 5.82 Å². The average molecular weight is 262 g/mol. The van der Waals surface area contributed by atoms with Crippen molar-refractivity contribution in [3.63, 3.8) is 0 Å². The van der Waals surface area contributed by atoms with Crippen molar-refractivity contribution in [1.29, 1.82) is 0 Å². The lowest BCUT2D eigenvalue weighted by Gasteiger charge is -2.25. The van der Waals surface area contributed by atoms with Crippen LogP contribution in [-0.4, -0.2) is 45.2 Å². The van der Waals surface area contributed by atoms with Crippen LogP contribution >= 0.6 is 0 Å². The number of aromatic nitrogens is 2. The molecule has 102 valence electrons. The monoisotopic (exact) mass is 262 g/mol. The van der Waals surface area contributed by atoms with Crippen LogP contribution in [0.2, 0.25) is 0 Å². The molecule has 1 aromatic rings. The zero-order valence-corrected chi connectivity index (χ0v) is 10.8. The molecular weight excluding hydrogens is 244 g/mol. The van der Waals surface area contributed by atoms with E-state index < -0.39 is 6.09 Å². The molecule has 1 unspecified atom stereocenters. The third-order valence-corrected chi connectivity index (χ3v) is 3.85. The molecule has 2 aliphatic heterocycles. The molecule has 0 bridgehead atoms. The number of fused-ring (bicyclic) bond motifs is 1. The highest BCUT2D eigenvalue weighted by Gasteiger charge is 2.22. The summed E-state index contributed by atoms with van der Waals surface area (Å²) in [5.41, 5.74) is 1.96. The number of hydrogen-bond acceptors (Lipinski definition) is 4. The molecule has 1 atom stereocenters. The van der Waals surface area contributed by atoms with E-state index in [0.717, 1.165) is 30.0 Å². The van der Waals surface area contributed by atoms with E-state index >= 15 is 0 Å². The first-order valence-electron chi connectivity index (χ1n) is 6.77. The Hall–Kier alpha value is -1.69. The molecule has 0 aliphatic carbocycles. The lowest BCUT2D eigenvalue weighted by Crippen LogP contribution is -2.35. The van der Waals surface area contributed by atoms with Crippen molar-refractivity contribution in [1.82, 2.24) is 20.2 Å². The third-order valence-electron chi connectivity index (χ3n) is 3.85. The molecule has 0 spiro atoms. The summed E-state index contributed by atoms with van der Waals surface area (Å²) >= 11 is 0. The Labute approximate surface area is 111 Å².